The van der Waals surface area contributed by atoms with Crippen LogP contribution in [0.15, 0.2) is 5.38 Å². The van der Waals surface area contributed by atoms with Crippen molar-refractivity contribution in [3.8, 4) is 0 Å². The first-order valence-corrected chi connectivity index (χ1v) is 10.2. The van der Waals surface area contributed by atoms with Gasteiger partial charge in [0.1, 0.15) is 0 Å². The summed E-state index contributed by atoms with van der Waals surface area (Å²) in [5.41, 5.74) is 3.97. The molecule has 0 spiro atoms. The molecular weight excluding hydrogens is 286 g/mol. The summed E-state index contributed by atoms with van der Waals surface area (Å²) >= 11 is 2.01. The van der Waals surface area contributed by atoms with E-state index >= 15 is 0 Å². The Balaban J connectivity index is 1.43. The molecule has 4 fully saturated rings. The monoisotopic (exact) mass is 317 g/mol. The van der Waals surface area contributed by atoms with Gasteiger partial charge in [-0.1, -0.05) is 27.7 Å². The van der Waals surface area contributed by atoms with E-state index < -0.39 is 0 Å². The van der Waals surface area contributed by atoms with E-state index in [4.69, 9.17) is 0 Å². The van der Waals surface area contributed by atoms with Crippen molar-refractivity contribution in [2.24, 2.45) is 23.2 Å². The highest BCUT2D eigenvalue weighted by molar-refractivity contribution is 7.10. The number of aryl methyl sites for hydroxylation is 1. The molecule has 2 bridgehead atoms. The van der Waals surface area contributed by atoms with Crippen molar-refractivity contribution in [2.45, 2.75) is 78.3 Å². The summed E-state index contributed by atoms with van der Waals surface area (Å²) < 4.78 is 0. The molecule has 4 aliphatic rings. The van der Waals surface area contributed by atoms with Crippen LogP contribution < -0.4 is 5.32 Å². The minimum absolute atomic E-state index is 0.606. The van der Waals surface area contributed by atoms with Crippen molar-refractivity contribution < 1.29 is 0 Å². The third kappa shape index (κ3) is 2.29. The molecule has 1 aromatic rings. The normalized spacial score (nSPS) is 36.2. The lowest BCUT2D eigenvalue weighted by atomic mass is 9.45. The van der Waals surface area contributed by atoms with Gasteiger partial charge in [-0.2, -0.15) is 0 Å². The number of nitrogens with one attached hydrogen (secondary N) is 1. The van der Waals surface area contributed by atoms with Gasteiger partial charge in [-0.05, 0) is 77.7 Å². The van der Waals surface area contributed by atoms with Crippen molar-refractivity contribution in [3.05, 3.63) is 21.4 Å². The number of hydrogen-bond donors (Lipinski definition) is 1. The second-order valence-corrected chi connectivity index (χ2v) is 9.63. The van der Waals surface area contributed by atoms with E-state index in [1.54, 1.807) is 16.0 Å². The van der Waals surface area contributed by atoms with Crippen LogP contribution in [0.4, 0.5) is 0 Å². The number of hydrogen-bond acceptors (Lipinski definition) is 2. The molecule has 1 heterocycles. The van der Waals surface area contributed by atoms with Crippen LogP contribution in [0.5, 0.6) is 0 Å². The van der Waals surface area contributed by atoms with Crippen molar-refractivity contribution in [2.75, 3.05) is 0 Å². The average Bonchev–Trinajstić information content (AvgIpc) is 3.25. The molecule has 0 radical (unpaired) electrons. The van der Waals surface area contributed by atoms with Crippen LogP contribution in [0, 0.1) is 23.2 Å². The number of fused-ring (bicyclic) bond motifs is 2. The Labute approximate surface area is 139 Å². The Hall–Kier alpha value is -0.340. The smallest absolute Gasteiger partial charge is 0.0305 e. The first-order valence-electron chi connectivity index (χ1n) is 9.34. The molecule has 4 atom stereocenters. The van der Waals surface area contributed by atoms with Crippen LogP contribution in [0.1, 0.15) is 75.3 Å². The molecule has 4 aliphatic carbocycles. The van der Waals surface area contributed by atoms with Gasteiger partial charge in [0, 0.05) is 17.5 Å². The summed E-state index contributed by atoms with van der Waals surface area (Å²) in [6.45, 7) is 10.9. The fourth-order valence-electron chi connectivity index (χ4n) is 5.36. The SMILES string of the molecule is CCc1csc(CN[C@@H]2C[C@@H]3C[C@H]([C@H]2C)C3(C)C)c1C1CC1. The van der Waals surface area contributed by atoms with E-state index in [-0.39, 0.29) is 0 Å². The molecule has 1 nitrogen and oxygen atoms in total. The summed E-state index contributed by atoms with van der Waals surface area (Å²) in [7, 11) is 0. The fraction of sp³-hybridized carbons (Fsp3) is 0.800. The Morgan fingerprint density at radius 3 is 2.64 bits per heavy atom. The summed E-state index contributed by atoms with van der Waals surface area (Å²) in [4.78, 5) is 1.64. The topological polar surface area (TPSA) is 12.0 Å². The van der Waals surface area contributed by atoms with Gasteiger partial charge in [-0.3, -0.25) is 0 Å². The minimum atomic E-state index is 0.606. The van der Waals surface area contributed by atoms with E-state index in [9.17, 15) is 0 Å². The van der Waals surface area contributed by atoms with Gasteiger partial charge in [-0.15, -0.1) is 11.3 Å². The summed E-state index contributed by atoms with van der Waals surface area (Å²) in [6, 6.07) is 0.746. The fourth-order valence-corrected chi connectivity index (χ4v) is 6.53. The van der Waals surface area contributed by atoms with Gasteiger partial charge in [0.05, 0.1) is 0 Å². The van der Waals surface area contributed by atoms with Crippen molar-refractivity contribution in [3.63, 3.8) is 0 Å². The molecule has 0 saturated heterocycles. The number of rotatable bonds is 5. The van der Waals surface area contributed by atoms with E-state index in [2.05, 4.69) is 38.4 Å². The van der Waals surface area contributed by atoms with Gasteiger partial charge in [0.25, 0.3) is 0 Å². The molecule has 1 N–H and O–H groups in total. The van der Waals surface area contributed by atoms with Gasteiger partial charge in [0.15, 0.2) is 0 Å². The highest BCUT2D eigenvalue weighted by Crippen LogP contribution is 2.61. The zero-order valence-corrected chi connectivity index (χ0v) is 15.4. The maximum atomic E-state index is 3.96. The number of thiophene rings is 1. The lowest BCUT2D eigenvalue weighted by Gasteiger charge is -2.62. The predicted molar refractivity (Wildman–Crippen MR) is 95.5 cm³/mol. The Morgan fingerprint density at radius 2 is 2.05 bits per heavy atom. The highest BCUT2D eigenvalue weighted by Gasteiger charge is 2.56. The standard InChI is InChI=1S/C20H31NS/c1-5-13-11-22-18(19(13)14-6-7-14)10-21-17-9-15-8-16(12(17)2)20(15,3)4/h11-12,14-17,21H,5-10H2,1-4H3/t12-,15+,16-,17-/m1/s1. The van der Waals surface area contributed by atoms with Crippen LogP contribution in [0.25, 0.3) is 0 Å². The Kier molecular flexibility index (Phi) is 3.69. The molecule has 122 valence electrons. The molecule has 0 aliphatic heterocycles. The molecule has 0 aromatic carbocycles. The quantitative estimate of drug-likeness (QED) is 0.772. The Morgan fingerprint density at radius 1 is 1.27 bits per heavy atom. The van der Waals surface area contributed by atoms with Crippen LogP contribution in [-0.2, 0) is 13.0 Å². The minimum Gasteiger partial charge on any atom is -0.309 e. The van der Waals surface area contributed by atoms with Crippen molar-refractivity contribution in [1.82, 2.24) is 5.32 Å². The van der Waals surface area contributed by atoms with E-state index in [0.29, 0.717) is 5.41 Å². The van der Waals surface area contributed by atoms with Crippen molar-refractivity contribution >= 4 is 11.3 Å². The predicted octanol–water partition coefficient (Wildman–Crippen LogP) is 5.35. The third-order valence-corrected chi connectivity index (χ3v) is 8.29. The van der Waals surface area contributed by atoms with E-state index in [1.165, 1.54) is 32.1 Å². The summed E-state index contributed by atoms with van der Waals surface area (Å²) in [5.74, 6) is 3.65. The van der Waals surface area contributed by atoms with Crippen LogP contribution in [0.3, 0.4) is 0 Å². The van der Waals surface area contributed by atoms with Crippen LogP contribution in [0.2, 0.25) is 0 Å². The van der Waals surface area contributed by atoms with E-state index in [0.717, 1.165) is 36.3 Å². The first kappa shape index (κ1) is 15.2. The summed E-state index contributed by atoms with van der Waals surface area (Å²) in [5, 5.41) is 6.38. The second kappa shape index (κ2) is 5.34. The molecule has 5 rings (SSSR count). The Bertz CT molecular complexity index is 554. The lowest BCUT2D eigenvalue weighted by Crippen LogP contribution is -2.59. The average molecular weight is 318 g/mol. The first-order chi connectivity index (χ1) is 10.5. The zero-order chi connectivity index (χ0) is 15.5. The highest BCUT2D eigenvalue weighted by atomic mass is 32.1. The zero-order valence-electron chi connectivity index (χ0n) is 14.6. The molecular formula is C20H31NS. The lowest BCUT2D eigenvalue weighted by molar-refractivity contribution is -0.115. The van der Waals surface area contributed by atoms with Gasteiger partial charge >= 0.3 is 0 Å². The molecule has 2 heteroatoms. The molecule has 22 heavy (non-hydrogen) atoms. The molecule has 0 unspecified atom stereocenters. The molecule has 1 aromatic heterocycles. The maximum absolute atomic E-state index is 3.96. The van der Waals surface area contributed by atoms with Crippen molar-refractivity contribution in [1.29, 1.82) is 0 Å². The van der Waals surface area contributed by atoms with Gasteiger partial charge in [0.2, 0.25) is 0 Å². The largest absolute Gasteiger partial charge is 0.309 e. The molecule has 0 amide bonds. The third-order valence-electron chi connectivity index (χ3n) is 7.24. The maximum Gasteiger partial charge on any atom is 0.0305 e. The van der Waals surface area contributed by atoms with E-state index in [1.807, 2.05) is 11.3 Å². The van der Waals surface area contributed by atoms with Crippen LogP contribution in [-0.4, -0.2) is 6.04 Å². The van der Waals surface area contributed by atoms with Gasteiger partial charge < -0.3 is 5.32 Å². The van der Waals surface area contributed by atoms with Gasteiger partial charge in [-0.25, -0.2) is 0 Å². The molecule has 4 saturated carbocycles. The summed E-state index contributed by atoms with van der Waals surface area (Å²) in [6.07, 6.45) is 6.94. The second-order valence-electron chi connectivity index (χ2n) is 8.67. The van der Waals surface area contributed by atoms with Crippen LogP contribution >= 0.6 is 11.3 Å².